The van der Waals surface area contributed by atoms with E-state index in [-0.39, 0.29) is 0 Å². The number of fused-ring (bicyclic) bond motifs is 1. The van der Waals surface area contributed by atoms with Crippen LogP contribution in [-0.4, -0.2) is 16.1 Å². The maximum absolute atomic E-state index is 4.63. The summed E-state index contributed by atoms with van der Waals surface area (Å²) in [6, 6.07) is 6.51. The predicted molar refractivity (Wildman–Crippen MR) is 67.5 cm³/mol. The topological polar surface area (TPSA) is 29.9 Å². The van der Waals surface area contributed by atoms with Crippen molar-refractivity contribution < 1.29 is 0 Å². The van der Waals surface area contributed by atoms with Crippen molar-refractivity contribution in [2.75, 3.05) is 6.54 Å². The molecule has 0 spiro atoms. The highest BCUT2D eigenvalue weighted by Crippen LogP contribution is 2.17. The molecule has 3 heteroatoms. The molecule has 86 valence electrons. The van der Waals surface area contributed by atoms with E-state index in [4.69, 9.17) is 0 Å². The summed E-state index contributed by atoms with van der Waals surface area (Å²) in [6.45, 7) is 6.18. The Bertz CT molecular complexity index is 485. The maximum Gasteiger partial charge on any atom is 0.109 e. The minimum atomic E-state index is 0.921. The van der Waals surface area contributed by atoms with E-state index in [0.717, 1.165) is 30.9 Å². The number of hydrogen-bond donors (Lipinski definition) is 1. The third-order valence-corrected chi connectivity index (χ3v) is 2.93. The fourth-order valence-corrected chi connectivity index (χ4v) is 1.99. The number of benzene rings is 1. The van der Waals surface area contributed by atoms with Gasteiger partial charge in [-0.05, 0) is 24.2 Å². The first-order valence-electron chi connectivity index (χ1n) is 5.91. The van der Waals surface area contributed by atoms with Gasteiger partial charge in [-0.2, -0.15) is 0 Å². The van der Waals surface area contributed by atoms with Crippen LogP contribution in [0.5, 0.6) is 0 Å². The van der Waals surface area contributed by atoms with Crippen molar-refractivity contribution in [2.24, 2.45) is 7.05 Å². The number of nitrogens with one attached hydrogen (secondary N) is 1. The molecule has 0 radical (unpaired) electrons. The monoisotopic (exact) mass is 217 g/mol. The van der Waals surface area contributed by atoms with E-state index < -0.39 is 0 Å². The van der Waals surface area contributed by atoms with Crippen LogP contribution in [0, 0.1) is 0 Å². The second-order valence-corrected chi connectivity index (χ2v) is 4.04. The van der Waals surface area contributed by atoms with Crippen LogP contribution in [0.15, 0.2) is 18.2 Å². The second-order valence-electron chi connectivity index (χ2n) is 4.04. The molecule has 2 rings (SSSR count). The molecule has 1 aromatic heterocycles. The smallest absolute Gasteiger partial charge is 0.109 e. The molecular formula is C13H19N3. The zero-order chi connectivity index (χ0) is 11.5. The predicted octanol–water partition coefficient (Wildman–Crippen LogP) is 2.25. The molecule has 1 aromatic carbocycles. The molecule has 0 unspecified atom stereocenters. The molecule has 1 heterocycles. The number of rotatable bonds is 4. The van der Waals surface area contributed by atoms with Crippen LogP contribution in [-0.2, 0) is 20.0 Å². The second kappa shape index (κ2) is 4.66. The molecule has 0 saturated carbocycles. The van der Waals surface area contributed by atoms with Gasteiger partial charge in [-0.1, -0.05) is 19.9 Å². The fourth-order valence-electron chi connectivity index (χ4n) is 1.99. The van der Waals surface area contributed by atoms with Crippen molar-refractivity contribution in [3.8, 4) is 0 Å². The molecule has 3 nitrogen and oxygen atoms in total. The molecule has 0 aliphatic rings. The Hall–Kier alpha value is -1.35. The summed E-state index contributed by atoms with van der Waals surface area (Å²) in [5.41, 5.74) is 3.63. The average Bonchev–Trinajstić information content (AvgIpc) is 2.63. The molecule has 0 fully saturated rings. The molecule has 0 bridgehead atoms. The standard InChI is InChI=1S/C13H19N3/c1-4-13-15-11-8-10(9-14-5-2)6-7-12(11)16(13)3/h6-8,14H,4-5,9H2,1-3H3. The highest BCUT2D eigenvalue weighted by molar-refractivity contribution is 5.76. The van der Waals surface area contributed by atoms with Crippen LogP contribution in [0.2, 0.25) is 0 Å². The number of aromatic nitrogens is 2. The van der Waals surface area contributed by atoms with Gasteiger partial charge in [0.1, 0.15) is 5.82 Å². The Morgan fingerprint density at radius 2 is 2.12 bits per heavy atom. The Morgan fingerprint density at radius 3 is 2.81 bits per heavy atom. The first-order valence-corrected chi connectivity index (χ1v) is 5.91. The van der Waals surface area contributed by atoms with Gasteiger partial charge in [0.15, 0.2) is 0 Å². The van der Waals surface area contributed by atoms with E-state index in [1.165, 1.54) is 11.1 Å². The van der Waals surface area contributed by atoms with Gasteiger partial charge in [0.2, 0.25) is 0 Å². The van der Waals surface area contributed by atoms with E-state index in [1.807, 2.05) is 0 Å². The lowest BCUT2D eigenvalue weighted by Gasteiger charge is -2.02. The highest BCUT2D eigenvalue weighted by Gasteiger charge is 2.06. The van der Waals surface area contributed by atoms with E-state index >= 15 is 0 Å². The Morgan fingerprint density at radius 1 is 1.31 bits per heavy atom. The summed E-state index contributed by atoms with van der Waals surface area (Å²) in [7, 11) is 2.08. The molecule has 16 heavy (non-hydrogen) atoms. The number of nitrogens with zero attached hydrogens (tertiary/aromatic N) is 2. The van der Waals surface area contributed by atoms with E-state index in [1.54, 1.807) is 0 Å². The van der Waals surface area contributed by atoms with Crippen molar-refractivity contribution >= 4 is 11.0 Å². The molecule has 1 N–H and O–H groups in total. The lowest BCUT2D eigenvalue weighted by Crippen LogP contribution is -2.11. The summed E-state index contributed by atoms with van der Waals surface area (Å²) in [5.74, 6) is 1.15. The van der Waals surface area contributed by atoms with Gasteiger partial charge in [-0.15, -0.1) is 0 Å². The number of hydrogen-bond acceptors (Lipinski definition) is 2. The van der Waals surface area contributed by atoms with Crippen molar-refractivity contribution in [2.45, 2.75) is 26.8 Å². The Balaban J connectivity index is 2.38. The Labute approximate surface area is 96.5 Å². The van der Waals surface area contributed by atoms with E-state index in [2.05, 4.69) is 54.0 Å². The normalized spacial score (nSPS) is 11.2. The van der Waals surface area contributed by atoms with Gasteiger partial charge >= 0.3 is 0 Å². The van der Waals surface area contributed by atoms with Gasteiger partial charge < -0.3 is 9.88 Å². The molecule has 2 aromatic rings. The molecular weight excluding hydrogens is 198 g/mol. The SMILES string of the molecule is CCNCc1ccc2c(c1)nc(CC)n2C. The molecule has 0 aliphatic heterocycles. The van der Waals surface area contributed by atoms with Crippen LogP contribution in [0.3, 0.4) is 0 Å². The van der Waals surface area contributed by atoms with Crippen molar-refractivity contribution in [3.05, 3.63) is 29.6 Å². The van der Waals surface area contributed by atoms with Gasteiger partial charge in [0.25, 0.3) is 0 Å². The highest BCUT2D eigenvalue weighted by atomic mass is 15.1. The van der Waals surface area contributed by atoms with Crippen LogP contribution in [0.1, 0.15) is 25.2 Å². The quantitative estimate of drug-likeness (QED) is 0.851. The summed E-state index contributed by atoms with van der Waals surface area (Å²) < 4.78 is 2.17. The summed E-state index contributed by atoms with van der Waals surface area (Å²) >= 11 is 0. The van der Waals surface area contributed by atoms with Gasteiger partial charge in [0, 0.05) is 20.0 Å². The zero-order valence-electron chi connectivity index (χ0n) is 10.2. The van der Waals surface area contributed by atoms with Gasteiger partial charge in [0.05, 0.1) is 11.0 Å². The lowest BCUT2D eigenvalue weighted by molar-refractivity contribution is 0.727. The first kappa shape index (κ1) is 11.1. The van der Waals surface area contributed by atoms with Crippen LogP contribution < -0.4 is 5.32 Å². The van der Waals surface area contributed by atoms with E-state index in [0.29, 0.717) is 0 Å². The molecule has 0 atom stereocenters. The number of imidazole rings is 1. The Kier molecular flexibility index (Phi) is 3.25. The fraction of sp³-hybridized carbons (Fsp3) is 0.462. The number of aryl methyl sites for hydroxylation is 2. The zero-order valence-corrected chi connectivity index (χ0v) is 10.2. The summed E-state index contributed by atoms with van der Waals surface area (Å²) in [6.07, 6.45) is 0.980. The van der Waals surface area contributed by atoms with Crippen molar-refractivity contribution in [1.29, 1.82) is 0 Å². The van der Waals surface area contributed by atoms with Crippen molar-refractivity contribution in [1.82, 2.24) is 14.9 Å². The minimum Gasteiger partial charge on any atom is -0.331 e. The largest absolute Gasteiger partial charge is 0.331 e. The average molecular weight is 217 g/mol. The lowest BCUT2D eigenvalue weighted by atomic mass is 10.2. The summed E-state index contributed by atoms with van der Waals surface area (Å²) in [5, 5.41) is 3.33. The molecule has 0 saturated heterocycles. The maximum atomic E-state index is 4.63. The first-order chi connectivity index (χ1) is 7.76. The van der Waals surface area contributed by atoms with Crippen LogP contribution in [0.4, 0.5) is 0 Å². The van der Waals surface area contributed by atoms with Crippen LogP contribution in [0.25, 0.3) is 11.0 Å². The van der Waals surface area contributed by atoms with Crippen molar-refractivity contribution in [3.63, 3.8) is 0 Å². The van der Waals surface area contributed by atoms with Crippen LogP contribution >= 0.6 is 0 Å². The third kappa shape index (κ3) is 1.95. The minimum absolute atomic E-state index is 0.921. The molecule has 0 aliphatic carbocycles. The molecule has 0 amide bonds. The van der Waals surface area contributed by atoms with Gasteiger partial charge in [-0.25, -0.2) is 4.98 Å². The van der Waals surface area contributed by atoms with Gasteiger partial charge in [-0.3, -0.25) is 0 Å². The summed E-state index contributed by atoms with van der Waals surface area (Å²) in [4.78, 5) is 4.63. The van der Waals surface area contributed by atoms with E-state index in [9.17, 15) is 0 Å². The third-order valence-electron chi connectivity index (χ3n) is 2.93.